The lowest BCUT2D eigenvalue weighted by molar-refractivity contribution is -0.274. The fourth-order valence-electron chi connectivity index (χ4n) is 4.54. The highest BCUT2D eigenvalue weighted by Crippen LogP contribution is 2.44. The van der Waals surface area contributed by atoms with Gasteiger partial charge in [0.05, 0.1) is 6.04 Å². The zero-order chi connectivity index (χ0) is 25.0. The summed E-state index contributed by atoms with van der Waals surface area (Å²) in [7, 11) is 0. The van der Waals surface area contributed by atoms with Gasteiger partial charge in [0.25, 0.3) is 0 Å². The van der Waals surface area contributed by atoms with Crippen LogP contribution in [0.5, 0.6) is 5.75 Å². The van der Waals surface area contributed by atoms with E-state index in [4.69, 9.17) is 5.73 Å². The number of nitrogens with zero attached hydrogens (tertiary/aromatic N) is 3. The van der Waals surface area contributed by atoms with E-state index in [-0.39, 0.29) is 11.9 Å². The molecule has 2 N–H and O–H groups in total. The number of anilines is 1. The number of nitrogens with two attached hydrogens (primary N) is 1. The van der Waals surface area contributed by atoms with Crippen molar-refractivity contribution >= 4 is 11.4 Å². The molecule has 0 radical (unpaired) electrons. The van der Waals surface area contributed by atoms with Crippen LogP contribution < -0.4 is 10.5 Å². The van der Waals surface area contributed by atoms with Crippen molar-refractivity contribution in [3.63, 3.8) is 0 Å². The second-order valence-electron chi connectivity index (χ2n) is 9.17. The van der Waals surface area contributed by atoms with Gasteiger partial charge in [-0.2, -0.15) is 0 Å². The van der Waals surface area contributed by atoms with Crippen molar-refractivity contribution in [1.29, 1.82) is 0 Å². The number of ether oxygens (including phenoxy) is 1. The molecular formula is C26H37F3N4O. The summed E-state index contributed by atoms with van der Waals surface area (Å²) in [6.45, 7) is 15.1. The minimum absolute atomic E-state index is 0.202. The van der Waals surface area contributed by atoms with Gasteiger partial charge >= 0.3 is 6.36 Å². The Labute approximate surface area is 201 Å². The van der Waals surface area contributed by atoms with Crippen molar-refractivity contribution in [2.75, 3.05) is 18.8 Å². The van der Waals surface area contributed by atoms with Crippen molar-refractivity contribution < 1.29 is 17.9 Å². The van der Waals surface area contributed by atoms with Gasteiger partial charge in [0.2, 0.25) is 0 Å². The van der Waals surface area contributed by atoms with Gasteiger partial charge in [0, 0.05) is 48.9 Å². The first kappa shape index (κ1) is 26.0. The van der Waals surface area contributed by atoms with Crippen molar-refractivity contribution in [2.45, 2.75) is 78.6 Å². The summed E-state index contributed by atoms with van der Waals surface area (Å²) in [5.74, 6) is -0.305. The third-order valence-corrected chi connectivity index (χ3v) is 6.58. The fraction of sp³-hybridized carbons (Fsp3) is 0.577. The molecule has 1 fully saturated rings. The molecule has 2 aliphatic carbocycles. The van der Waals surface area contributed by atoms with Gasteiger partial charge in [-0.15, -0.1) is 13.2 Å². The van der Waals surface area contributed by atoms with Gasteiger partial charge in [-0.3, -0.25) is 0 Å². The van der Waals surface area contributed by atoms with Crippen molar-refractivity contribution in [1.82, 2.24) is 14.8 Å². The maximum Gasteiger partial charge on any atom is 0.573 e. The molecule has 1 atom stereocenters. The number of allylic oxidation sites excluding steroid dienone is 2. The molecule has 188 valence electrons. The molecule has 0 spiro atoms. The van der Waals surface area contributed by atoms with E-state index in [1.165, 1.54) is 23.5 Å². The van der Waals surface area contributed by atoms with Gasteiger partial charge < -0.3 is 20.3 Å². The molecule has 1 aromatic rings. The Morgan fingerprint density at radius 2 is 1.88 bits per heavy atom. The van der Waals surface area contributed by atoms with Gasteiger partial charge in [-0.25, -0.2) is 4.98 Å². The maximum atomic E-state index is 12.8. The molecule has 1 unspecified atom stereocenters. The molecule has 2 aliphatic rings. The number of hydrogen-bond donors (Lipinski definition) is 1. The van der Waals surface area contributed by atoms with Crippen LogP contribution in [-0.4, -0.2) is 40.3 Å². The smallest absolute Gasteiger partial charge is 0.402 e. The first-order chi connectivity index (χ1) is 16.1. The van der Waals surface area contributed by atoms with Crippen LogP contribution in [0.4, 0.5) is 19.0 Å². The number of aromatic nitrogens is 1. The Bertz CT molecular complexity index is 944. The van der Waals surface area contributed by atoms with E-state index in [1.54, 1.807) is 0 Å². The summed E-state index contributed by atoms with van der Waals surface area (Å²) in [6.07, 6.45) is 4.72. The molecule has 1 saturated carbocycles. The molecule has 1 heterocycles. The molecule has 0 aliphatic heterocycles. The zero-order valence-electron chi connectivity index (χ0n) is 20.7. The summed E-state index contributed by atoms with van der Waals surface area (Å²) in [5, 5.41) is 0. The highest BCUT2D eigenvalue weighted by Gasteiger charge is 2.38. The average Bonchev–Trinajstić information content (AvgIpc) is 3.61. The van der Waals surface area contributed by atoms with Gasteiger partial charge in [-0.1, -0.05) is 27.4 Å². The van der Waals surface area contributed by atoms with Crippen LogP contribution in [0.1, 0.15) is 71.8 Å². The molecule has 0 bridgehead atoms. The number of hydrogen-bond acceptors (Lipinski definition) is 5. The summed E-state index contributed by atoms with van der Waals surface area (Å²) in [6, 6.07) is 1.52. The molecular weight excluding hydrogens is 441 g/mol. The Morgan fingerprint density at radius 1 is 1.24 bits per heavy atom. The molecule has 1 aromatic heterocycles. The number of nitrogen functional groups attached to an aromatic ring is 1. The van der Waals surface area contributed by atoms with E-state index in [2.05, 4.69) is 46.9 Å². The minimum Gasteiger partial charge on any atom is -0.402 e. The monoisotopic (exact) mass is 478 g/mol. The van der Waals surface area contributed by atoms with Gasteiger partial charge in [-0.05, 0) is 62.2 Å². The number of rotatable bonds is 12. The first-order valence-corrected chi connectivity index (χ1v) is 12.2. The minimum atomic E-state index is -4.83. The molecule has 3 rings (SSSR count). The highest BCUT2D eigenvalue weighted by atomic mass is 19.4. The standard InChI is InChI=1S/C26H37F3N4O/c1-6-11-32(12-7-2)22-14-23(17(22)4)33(18(5)20-9-10-20)16-19(8-3)21-13-24(25(30)31-15-21)34-26(27,28)29/h13,15-16,20,23H,5-12,14H2,1-4H3,(H2,30,31)/b19-16+. The number of pyridine rings is 1. The van der Waals surface area contributed by atoms with E-state index in [9.17, 15) is 13.2 Å². The van der Waals surface area contributed by atoms with E-state index >= 15 is 0 Å². The summed E-state index contributed by atoms with van der Waals surface area (Å²) < 4.78 is 42.5. The number of halogens is 3. The predicted molar refractivity (Wildman–Crippen MR) is 131 cm³/mol. The lowest BCUT2D eigenvalue weighted by Gasteiger charge is -2.45. The quantitative estimate of drug-likeness (QED) is 0.362. The average molecular weight is 479 g/mol. The topological polar surface area (TPSA) is 54.6 Å². The third kappa shape index (κ3) is 6.07. The molecule has 5 nitrogen and oxygen atoms in total. The van der Waals surface area contributed by atoms with Crippen LogP contribution in [0.15, 0.2) is 42.0 Å². The highest BCUT2D eigenvalue weighted by molar-refractivity contribution is 5.68. The fourth-order valence-corrected chi connectivity index (χ4v) is 4.54. The Balaban J connectivity index is 1.93. The lowest BCUT2D eigenvalue weighted by Crippen LogP contribution is -2.43. The Kier molecular flexibility index (Phi) is 8.21. The van der Waals surface area contributed by atoms with Crippen LogP contribution in [0.25, 0.3) is 5.57 Å². The lowest BCUT2D eigenvalue weighted by atomic mass is 9.85. The van der Waals surface area contributed by atoms with Crippen LogP contribution in [0.3, 0.4) is 0 Å². The Morgan fingerprint density at radius 3 is 2.38 bits per heavy atom. The summed E-state index contributed by atoms with van der Waals surface area (Å²) in [4.78, 5) is 8.68. The molecule has 0 amide bonds. The molecule has 0 aromatic carbocycles. The maximum absolute atomic E-state index is 12.8. The van der Waals surface area contributed by atoms with Crippen molar-refractivity contribution in [3.8, 4) is 5.75 Å². The zero-order valence-corrected chi connectivity index (χ0v) is 20.7. The summed E-state index contributed by atoms with van der Waals surface area (Å²) in [5.41, 5.74) is 10.9. The van der Waals surface area contributed by atoms with Crippen molar-refractivity contribution in [3.05, 3.63) is 47.6 Å². The van der Waals surface area contributed by atoms with E-state index < -0.39 is 12.1 Å². The van der Waals surface area contributed by atoms with Crippen LogP contribution in [0, 0.1) is 5.92 Å². The van der Waals surface area contributed by atoms with Crippen molar-refractivity contribution in [2.24, 2.45) is 5.92 Å². The van der Waals surface area contributed by atoms with E-state index in [0.717, 1.165) is 56.5 Å². The number of alkyl halides is 3. The second kappa shape index (κ2) is 10.7. The first-order valence-electron chi connectivity index (χ1n) is 12.2. The normalized spacial score (nSPS) is 18.6. The molecule has 34 heavy (non-hydrogen) atoms. The summed E-state index contributed by atoms with van der Waals surface area (Å²) >= 11 is 0. The molecule has 0 saturated heterocycles. The molecule has 8 heteroatoms. The Hall–Kier alpha value is -2.64. The SMILES string of the molecule is C=C(C1CC1)N(/C=C(\CC)c1cnc(N)c(OC(F)(F)F)c1)C1CC(N(CCC)CCC)=C1C. The predicted octanol–water partition coefficient (Wildman–Crippen LogP) is 6.71. The van der Waals surface area contributed by atoms with Crippen LogP contribution in [0.2, 0.25) is 0 Å². The van der Waals surface area contributed by atoms with Crippen LogP contribution in [-0.2, 0) is 0 Å². The largest absolute Gasteiger partial charge is 0.573 e. The van der Waals surface area contributed by atoms with Crippen LogP contribution >= 0.6 is 0 Å². The second-order valence-corrected chi connectivity index (χ2v) is 9.17. The van der Waals surface area contributed by atoms with E-state index in [0.29, 0.717) is 17.9 Å². The third-order valence-electron chi connectivity index (χ3n) is 6.58. The van der Waals surface area contributed by atoms with E-state index in [1.807, 2.05) is 13.1 Å². The van der Waals surface area contributed by atoms with Gasteiger partial charge in [0.1, 0.15) is 0 Å². The van der Waals surface area contributed by atoms with Gasteiger partial charge in [0.15, 0.2) is 11.6 Å².